The Morgan fingerprint density at radius 1 is 1.32 bits per heavy atom. The minimum absolute atomic E-state index is 0.00413. The third kappa shape index (κ3) is 3.53. The van der Waals surface area contributed by atoms with Gasteiger partial charge in [0.25, 0.3) is 0 Å². The van der Waals surface area contributed by atoms with Crippen LogP contribution in [0.5, 0.6) is 0 Å². The van der Waals surface area contributed by atoms with Crippen LogP contribution in [0.15, 0.2) is 34.5 Å². The van der Waals surface area contributed by atoms with E-state index in [-0.39, 0.29) is 20.9 Å². The van der Waals surface area contributed by atoms with E-state index in [2.05, 4.69) is 4.72 Å². The average molecular weight is 341 g/mol. The number of anilines is 1. The van der Waals surface area contributed by atoms with Gasteiger partial charge in [0, 0.05) is 0 Å². The molecule has 0 fully saturated rings. The lowest BCUT2D eigenvalue weighted by Crippen LogP contribution is -2.13. The van der Waals surface area contributed by atoms with Crippen molar-refractivity contribution in [1.29, 1.82) is 0 Å². The maximum Gasteiger partial charge on any atom is 0.348 e. The van der Waals surface area contributed by atoms with Crippen molar-refractivity contribution in [3.05, 3.63) is 45.9 Å². The Morgan fingerprint density at radius 2 is 2.00 bits per heavy atom. The molecule has 0 bridgehead atoms. The molecular weight excluding hydrogens is 325 g/mol. The molecule has 1 atom stereocenters. The van der Waals surface area contributed by atoms with E-state index in [0.717, 1.165) is 16.9 Å². The van der Waals surface area contributed by atoms with E-state index in [4.69, 9.17) is 5.11 Å². The number of carboxylic acids is 1. The van der Waals surface area contributed by atoms with Crippen LogP contribution in [0.4, 0.5) is 10.1 Å². The molecule has 1 aromatic heterocycles. The largest absolute Gasteiger partial charge is 0.477 e. The molecule has 0 spiro atoms. The average Bonchev–Trinajstić information content (AvgIpc) is 2.85. The van der Waals surface area contributed by atoms with Gasteiger partial charge in [-0.3, -0.25) is 4.72 Å². The van der Waals surface area contributed by atoms with Crippen molar-refractivity contribution in [2.75, 3.05) is 4.72 Å². The fraction of sp³-hybridized carbons (Fsp3) is 0.267. The standard InChI is InChI=1S/C15H16FNO3S2/c1-15(2,3)9-4-5-12(10(16)8-9)22(20)17-11-6-7-21-13(11)14(18)19/h4-8,17H,1-3H3,(H,18,19). The molecule has 1 heterocycles. The molecule has 0 radical (unpaired) electrons. The molecule has 0 aliphatic rings. The second kappa shape index (κ2) is 6.18. The number of benzene rings is 1. The highest BCUT2D eigenvalue weighted by Crippen LogP contribution is 2.27. The van der Waals surface area contributed by atoms with Crippen LogP contribution in [-0.4, -0.2) is 15.3 Å². The Hall–Kier alpha value is -1.73. The zero-order valence-corrected chi connectivity index (χ0v) is 14.0. The lowest BCUT2D eigenvalue weighted by atomic mass is 9.87. The molecular formula is C15H16FNO3S2. The normalized spacial score (nSPS) is 12.9. The molecule has 0 saturated carbocycles. The molecule has 0 aliphatic carbocycles. The van der Waals surface area contributed by atoms with E-state index < -0.39 is 22.8 Å². The molecule has 2 aromatic rings. The first kappa shape index (κ1) is 16.6. The number of hydrogen-bond donors (Lipinski definition) is 2. The summed E-state index contributed by atoms with van der Waals surface area (Å²) in [5.41, 5.74) is 0.806. The van der Waals surface area contributed by atoms with Gasteiger partial charge in [0.1, 0.15) is 10.7 Å². The molecule has 0 aliphatic heterocycles. The molecule has 22 heavy (non-hydrogen) atoms. The summed E-state index contributed by atoms with van der Waals surface area (Å²) in [6.07, 6.45) is 0. The lowest BCUT2D eigenvalue weighted by Gasteiger charge is -2.19. The fourth-order valence-corrected chi connectivity index (χ4v) is 3.49. The number of nitrogens with one attached hydrogen (secondary N) is 1. The molecule has 0 amide bonds. The van der Waals surface area contributed by atoms with Crippen LogP contribution in [0.25, 0.3) is 0 Å². The number of carbonyl (C=O) groups is 1. The summed E-state index contributed by atoms with van der Waals surface area (Å²) in [5.74, 6) is -1.69. The van der Waals surface area contributed by atoms with Crippen LogP contribution in [0.2, 0.25) is 0 Å². The van der Waals surface area contributed by atoms with Crippen molar-refractivity contribution in [2.24, 2.45) is 0 Å². The molecule has 0 saturated heterocycles. The molecule has 2 rings (SSSR count). The second-order valence-electron chi connectivity index (χ2n) is 5.73. The third-order valence-corrected chi connectivity index (χ3v) is 5.10. The van der Waals surface area contributed by atoms with Crippen molar-refractivity contribution in [2.45, 2.75) is 31.1 Å². The maximum atomic E-state index is 14.2. The van der Waals surface area contributed by atoms with Crippen molar-refractivity contribution >= 4 is 34.0 Å². The molecule has 118 valence electrons. The number of carboxylic acid groups (broad SMARTS) is 1. The number of thiophene rings is 1. The summed E-state index contributed by atoms with van der Waals surface area (Å²) in [6, 6.07) is 6.06. The minimum Gasteiger partial charge on any atom is -0.477 e. The SMILES string of the molecule is CC(C)(C)c1ccc(S(=O)Nc2ccsc2C(=O)O)c(F)c1. The fourth-order valence-electron chi connectivity index (χ4n) is 1.83. The number of hydrogen-bond acceptors (Lipinski definition) is 3. The zero-order chi connectivity index (χ0) is 16.5. The first-order chi connectivity index (χ1) is 10.2. The van der Waals surface area contributed by atoms with Gasteiger partial charge in [-0.05, 0) is 34.6 Å². The van der Waals surface area contributed by atoms with Crippen LogP contribution in [0.3, 0.4) is 0 Å². The van der Waals surface area contributed by atoms with Gasteiger partial charge in [-0.1, -0.05) is 26.8 Å². The van der Waals surface area contributed by atoms with Crippen molar-refractivity contribution < 1.29 is 18.5 Å². The van der Waals surface area contributed by atoms with Gasteiger partial charge in [0.05, 0.1) is 10.6 Å². The number of aromatic carboxylic acids is 1. The van der Waals surface area contributed by atoms with E-state index in [0.29, 0.717) is 0 Å². The predicted molar refractivity (Wildman–Crippen MR) is 86.4 cm³/mol. The van der Waals surface area contributed by atoms with Gasteiger partial charge in [-0.2, -0.15) is 0 Å². The summed E-state index contributed by atoms with van der Waals surface area (Å²) < 4.78 is 29.0. The monoisotopic (exact) mass is 341 g/mol. The van der Waals surface area contributed by atoms with E-state index in [9.17, 15) is 13.4 Å². The molecule has 1 aromatic carbocycles. The van der Waals surface area contributed by atoms with E-state index >= 15 is 0 Å². The Bertz CT molecular complexity index is 735. The van der Waals surface area contributed by atoms with Crippen molar-refractivity contribution in [3.63, 3.8) is 0 Å². The Labute approximate surface area is 134 Å². The van der Waals surface area contributed by atoms with Gasteiger partial charge >= 0.3 is 5.97 Å². The summed E-state index contributed by atoms with van der Waals surface area (Å²) in [4.78, 5) is 11.1. The highest BCUT2D eigenvalue weighted by atomic mass is 32.2. The van der Waals surface area contributed by atoms with Crippen molar-refractivity contribution in [3.8, 4) is 0 Å². The Kier molecular flexibility index (Phi) is 4.67. The van der Waals surface area contributed by atoms with Gasteiger partial charge in [0.2, 0.25) is 0 Å². The summed E-state index contributed by atoms with van der Waals surface area (Å²) in [6.45, 7) is 5.88. The summed E-state index contributed by atoms with van der Waals surface area (Å²) in [7, 11) is -1.87. The van der Waals surface area contributed by atoms with Crippen LogP contribution in [0.1, 0.15) is 36.0 Å². The number of halogens is 1. The smallest absolute Gasteiger partial charge is 0.348 e. The Balaban J connectivity index is 2.27. The zero-order valence-electron chi connectivity index (χ0n) is 12.3. The van der Waals surface area contributed by atoms with Crippen molar-refractivity contribution in [1.82, 2.24) is 0 Å². The first-order valence-corrected chi connectivity index (χ1v) is 8.52. The van der Waals surface area contributed by atoms with Crippen LogP contribution >= 0.6 is 11.3 Å². The minimum atomic E-state index is -1.87. The van der Waals surface area contributed by atoms with E-state index in [1.54, 1.807) is 11.4 Å². The second-order valence-corrected chi connectivity index (χ2v) is 7.83. The van der Waals surface area contributed by atoms with Crippen LogP contribution in [-0.2, 0) is 16.4 Å². The Morgan fingerprint density at radius 3 is 2.55 bits per heavy atom. The third-order valence-electron chi connectivity index (χ3n) is 3.06. The summed E-state index contributed by atoms with van der Waals surface area (Å²) >= 11 is 1.01. The topological polar surface area (TPSA) is 66.4 Å². The maximum absolute atomic E-state index is 14.2. The van der Waals surface area contributed by atoms with E-state index in [1.165, 1.54) is 18.2 Å². The van der Waals surface area contributed by atoms with Gasteiger partial charge < -0.3 is 5.11 Å². The number of rotatable bonds is 4. The molecule has 7 heteroatoms. The predicted octanol–water partition coefficient (Wildman–Crippen LogP) is 4.02. The molecule has 1 unspecified atom stereocenters. The highest BCUT2D eigenvalue weighted by molar-refractivity contribution is 7.86. The van der Waals surface area contributed by atoms with Crippen LogP contribution < -0.4 is 4.72 Å². The first-order valence-electron chi connectivity index (χ1n) is 6.49. The molecule has 2 N–H and O–H groups in total. The van der Waals surface area contributed by atoms with Crippen LogP contribution in [0, 0.1) is 5.82 Å². The highest BCUT2D eigenvalue weighted by Gasteiger charge is 2.19. The quantitative estimate of drug-likeness (QED) is 0.883. The van der Waals surface area contributed by atoms with Gasteiger partial charge in [-0.15, -0.1) is 11.3 Å². The lowest BCUT2D eigenvalue weighted by molar-refractivity contribution is 0.0703. The van der Waals surface area contributed by atoms with Gasteiger partial charge in [-0.25, -0.2) is 13.4 Å². The molecule has 4 nitrogen and oxygen atoms in total. The summed E-state index contributed by atoms with van der Waals surface area (Å²) in [5, 5.41) is 10.6. The van der Waals surface area contributed by atoms with E-state index in [1.807, 2.05) is 20.8 Å². The van der Waals surface area contributed by atoms with Gasteiger partial charge in [0.15, 0.2) is 11.0 Å².